The minimum absolute atomic E-state index is 0.0283. The Bertz CT molecular complexity index is 303. The van der Waals surface area contributed by atoms with Crippen molar-refractivity contribution < 1.29 is 5.11 Å². The zero-order valence-corrected chi connectivity index (χ0v) is 10.6. The van der Waals surface area contributed by atoms with Gasteiger partial charge in [-0.05, 0) is 18.1 Å². The van der Waals surface area contributed by atoms with E-state index in [-0.39, 0.29) is 12.0 Å². The summed E-state index contributed by atoms with van der Waals surface area (Å²) in [5.74, 6) is 0.0283. The zero-order chi connectivity index (χ0) is 11.3. The van der Waals surface area contributed by atoms with E-state index >= 15 is 0 Å². The van der Waals surface area contributed by atoms with E-state index in [0.29, 0.717) is 6.54 Å². The molecule has 0 saturated carbocycles. The van der Waals surface area contributed by atoms with Crippen molar-refractivity contribution in [1.29, 1.82) is 0 Å². The van der Waals surface area contributed by atoms with Crippen molar-refractivity contribution in [3.8, 4) is 0 Å². The summed E-state index contributed by atoms with van der Waals surface area (Å²) < 4.78 is 1.02. The molecule has 0 saturated heterocycles. The van der Waals surface area contributed by atoms with Crippen LogP contribution in [0, 0.1) is 0 Å². The Balaban J connectivity index is 2.87. The first-order valence-corrected chi connectivity index (χ1v) is 6.12. The third-order valence-corrected chi connectivity index (χ3v) is 3.33. The molecule has 0 fully saturated rings. The van der Waals surface area contributed by atoms with Crippen molar-refractivity contribution in [2.24, 2.45) is 5.73 Å². The number of hydrogen-bond acceptors (Lipinski definition) is 2. The molecule has 2 unspecified atom stereocenters. The monoisotopic (exact) mass is 271 g/mol. The van der Waals surface area contributed by atoms with Crippen molar-refractivity contribution in [3.63, 3.8) is 0 Å². The highest BCUT2D eigenvalue weighted by Gasteiger charge is 2.20. The van der Waals surface area contributed by atoms with Crippen molar-refractivity contribution in [3.05, 3.63) is 34.3 Å². The maximum atomic E-state index is 9.99. The van der Waals surface area contributed by atoms with Crippen LogP contribution in [0.1, 0.15) is 31.2 Å². The smallest absolute Gasteiger partial charge is 0.0621 e. The van der Waals surface area contributed by atoms with E-state index in [0.717, 1.165) is 22.9 Å². The van der Waals surface area contributed by atoms with Crippen molar-refractivity contribution in [2.45, 2.75) is 31.8 Å². The molecule has 1 aromatic carbocycles. The number of hydrogen-bond donors (Lipinski definition) is 2. The van der Waals surface area contributed by atoms with Crippen LogP contribution in [0.5, 0.6) is 0 Å². The highest BCUT2D eigenvalue weighted by molar-refractivity contribution is 9.10. The summed E-state index contributed by atoms with van der Waals surface area (Å²) in [5.41, 5.74) is 6.82. The van der Waals surface area contributed by atoms with Gasteiger partial charge in [0, 0.05) is 16.9 Å². The first-order valence-electron chi connectivity index (χ1n) is 5.33. The number of aliphatic hydroxyl groups is 1. The van der Waals surface area contributed by atoms with Gasteiger partial charge in [-0.2, -0.15) is 0 Å². The third-order valence-electron chi connectivity index (χ3n) is 2.61. The molecule has 0 aliphatic rings. The summed E-state index contributed by atoms with van der Waals surface area (Å²) in [4.78, 5) is 0. The summed E-state index contributed by atoms with van der Waals surface area (Å²) >= 11 is 3.49. The lowest BCUT2D eigenvalue weighted by Gasteiger charge is -2.22. The van der Waals surface area contributed by atoms with Crippen LogP contribution in [0.4, 0.5) is 0 Å². The van der Waals surface area contributed by atoms with Crippen LogP contribution >= 0.6 is 15.9 Å². The van der Waals surface area contributed by atoms with Crippen LogP contribution in [0.15, 0.2) is 28.7 Å². The lowest BCUT2D eigenvalue weighted by Crippen LogP contribution is -2.26. The number of nitrogens with two attached hydrogens (primary N) is 1. The summed E-state index contributed by atoms with van der Waals surface area (Å²) in [6.07, 6.45) is 1.42. The summed E-state index contributed by atoms with van der Waals surface area (Å²) in [6, 6.07) is 7.94. The molecule has 0 amide bonds. The van der Waals surface area contributed by atoms with E-state index in [4.69, 9.17) is 5.73 Å². The fourth-order valence-electron chi connectivity index (χ4n) is 1.76. The SMILES string of the molecule is CCCC(O)C(CN)c1ccccc1Br. The second kappa shape index (κ2) is 6.26. The average molecular weight is 272 g/mol. The van der Waals surface area contributed by atoms with Gasteiger partial charge in [-0.25, -0.2) is 0 Å². The second-order valence-corrected chi connectivity index (χ2v) is 4.57. The van der Waals surface area contributed by atoms with E-state index in [1.807, 2.05) is 24.3 Å². The third kappa shape index (κ3) is 3.30. The first-order chi connectivity index (χ1) is 7.20. The lowest BCUT2D eigenvalue weighted by atomic mass is 9.91. The van der Waals surface area contributed by atoms with Gasteiger partial charge in [0.25, 0.3) is 0 Å². The van der Waals surface area contributed by atoms with Gasteiger partial charge >= 0.3 is 0 Å². The van der Waals surface area contributed by atoms with Crippen LogP contribution in [-0.4, -0.2) is 17.8 Å². The van der Waals surface area contributed by atoms with Crippen LogP contribution in [0.3, 0.4) is 0 Å². The Morgan fingerprint density at radius 1 is 1.40 bits per heavy atom. The normalized spacial score (nSPS) is 14.9. The molecule has 0 aliphatic heterocycles. The van der Waals surface area contributed by atoms with Crippen molar-refractivity contribution in [2.75, 3.05) is 6.54 Å². The summed E-state index contributed by atoms with van der Waals surface area (Å²) in [5, 5.41) is 9.99. The molecule has 0 bridgehead atoms. The van der Waals surface area contributed by atoms with Gasteiger partial charge in [0.2, 0.25) is 0 Å². The van der Waals surface area contributed by atoms with Gasteiger partial charge in [0.15, 0.2) is 0 Å². The molecular formula is C12H18BrNO. The molecular weight excluding hydrogens is 254 g/mol. The topological polar surface area (TPSA) is 46.2 Å². The van der Waals surface area contributed by atoms with Gasteiger partial charge in [0.1, 0.15) is 0 Å². The largest absolute Gasteiger partial charge is 0.392 e. The predicted molar refractivity (Wildman–Crippen MR) is 66.9 cm³/mol. The quantitative estimate of drug-likeness (QED) is 0.865. The van der Waals surface area contributed by atoms with Gasteiger partial charge in [-0.15, -0.1) is 0 Å². The first kappa shape index (κ1) is 12.7. The maximum Gasteiger partial charge on any atom is 0.0621 e. The molecule has 15 heavy (non-hydrogen) atoms. The Morgan fingerprint density at radius 2 is 2.07 bits per heavy atom. The van der Waals surface area contributed by atoms with E-state index in [9.17, 15) is 5.11 Å². The number of halogens is 1. The molecule has 2 nitrogen and oxygen atoms in total. The Hall–Kier alpha value is -0.380. The predicted octanol–water partition coefficient (Wildman–Crippen LogP) is 2.65. The van der Waals surface area contributed by atoms with Crippen LogP contribution in [0.25, 0.3) is 0 Å². The molecule has 0 aliphatic carbocycles. The number of rotatable bonds is 5. The maximum absolute atomic E-state index is 9.99. The minimum Gasteiger partial charge on any atom is -0.392 e. The highest BCUT2D eigenvalue weighted by Crippen LogP contribution is 2.28. The summed E-state index contributed by atoms with van der Waals surface area (Å²) in [6.45, 7) is 2.54. The van der Waals surface area contributed by atoms with E-state index in [2.05, 4.69) is 22.9 Å². The number of benzene rings is 1. The number of aliphatic hydroxyl groups excluding tert-OH is 1. The van der Waals surface area contributed by atoms with Gasteiger partial charge in [0.05, 0.1) is 6.10 Å². The van der Waals surface area contributed by atoms with E-state index in [1.165, 1.54) is 0 Å². The average Bonchev–Trinajstić information content (AvgIpc) is 2.22. The molecule has 84 valence electrons. The molecule has 2 atom stereocenters. The molecule has 0 radical (unpaired) electrons. The molecule has 0 heterocycles. The Morgan fingerprint density at radius 3 is 2.60 bits per heavy atom. The molecule has 1 rings (SSSR count). The zero-order valence-electron chi connectivity index (χ0n) is 8.99. The highest BCUT2D eigenvalue weighted by atomic mass is 79.9. The summed E-state index contributed by atoms with van der Waals surface area (Å²) in [7, 11) is 0. The fraction of sp³-hybridized carbons (Fsp3) is 0.500. The van der Waals surface area contributed by atoms with Crippen LogP contribution in [0.2, 0.25) is 0 Å². The van der Waals surface area contributed by atoms with Crippen molar-refractivity contribution >= 4 is 15.9 Å². The van der Waals surface area contributed by atoms with Gasteiger partial charge in [-0.1, -0.05) is 47.5 Å². The van der Waals surface area contributed by atoms with Gasteiger partial charge < -0.3 is 10.8 Å². The van der Waals surface area contributed by atoms with Gasteiger partial charge in [-0.3, -0.25) is 0 Å². The van der Waals surface area contributed by atoms with Crippen LogP contribution in [-0.2, 0) is 0 Å². The minimum atomic E-state index is -0.348. The second-order valence-electron chi connectivity index (χ2n) is 3.72. The van der Waals surface area contributed by atoms with E-state index in [1.54, 1.807) is 0 Å². The van der Waals surface area contributed by atoms with Crippen LogP contribution < -0.4 is 5.73 Å². The Labute approximate surface area is 99.6 Å². The fourth-order valence-corrected chi connectivity index (χ4v) is 2.34. The molecule has 1 aromatic rings. The lowest BCUT2D eigenvalue weighted by molar-refractivity contribution is 0.134. The van der Waals surface area contributed by atoms with Crippen molar-refractivity contribution in [1.82, 2.24) is 0 Å². The van der Waals surface area contributed by atoms with E-state index < -0.39 is 0 Å². The molecule has 3 N–H and O–H groups in total. The Kier molecular flexibility index (Phi) is 5.29. The standard InChI is InChI=1S/C12H18BrNO/c1-2-5-12(15)10(8-14)9-6-3-4-7-11(9)13/h3-4,6-7,10,12,15H,2,5,8,14H2,1H3. The molecule has 3 heteroatoms. The molecule has 0 aromatic heterocycles. The molecule has 0 spiro atoms.